The van der Waals surface area contributed by atoms with Crippen LogP contribution >= 0.6 is 11.8 Å². The fourth-order valence-corrected chi connectivity index (χ4v) is 3.39. The summed E-state index contributed by atoms with van der Waals surface area (Å²) in [5.74, 6) is 0.834. The van der Waals surface area contributed by atoms with Gasteiger partial charge >= 0.3 is 0 Å². The van der Waals surface area contributed by atoms with Gasteiger partial charge in [0.2, 0.25) is 0 Å². The molecule has 1 atom stereocenters. The summed E-state index contributed by atoms with van der Waals surface area (Å²) in [6.07, 6.45) is 6.10. The number of thioether (sulfide) groups is 1. The van der Waals surface area contributed by atoms with Gasteiger partial charge in [-0.1, -0.05) is 19.1 Å². The van der Waals surface area contributed by atoms with Crippen LogP contribution in [0, 0.1) is 5.92 Å². The maximum Gasteiger partial charge on any atom is 0.0233 e. The lowest BCUT2D eigenvalue weighted by molar-refractivity contribution is 0.201. The van der Waals surface area contributed by atoms with Crippen molar-refractivity contribution in [2.24, 2.45) is 5.92 Å². The Hall–Kier alpha value is -0.510. The van der Waals surface area contributed by atoms with Gasteiger partial charge in [0.05, 0.1) is 0 Å². The molecule has 1 heterocycles. The summed E-state index contributed by atoms with van der Waals surface area (Å²) < 4.78 is 0. The van der Waals surface area contributed by atoms with E-state index in [4.69, 9.17) is 0 Å². The average Bonchev–Trinajstić information content (AvgIpc) is 2.49. The van der Waals surface area contributed by atoms with Gasteiger partial charge in [0.25, 0.3) is 0 Å². The van der Waals surface area contributed by atoms with Gasteiger partial charge in [-0.15, -0.1) is 11.8 Å². The molecule has 0 aromatic heterocycles. The van der Waals surface area contributed by atoms with E-state index in [1.165, 1.54) is 55.9 Å². The second-order valence-electron chi connectivity index (χ2n) is 5.80. The number of benzene rings is 1. The number of piperidine rings is 1. The molecule has 1 fully saturated rings. The van der Waals surface area contributed by atoms with Crippen LogP contribution in [-0.4, -0.2) is 37.3 Å². The van der Waals surface area contributed by atoms with Crippen LogP contribution in [0.1, 0.15) is 31.7 Å². The number of rotatable bonds is 7. The van der Waals surface area contributed by atoms with E-state index in [9.17, 15) is 0 Å². The molecule has 1 aromatic carbocycles. The van der Waals surface area contributed by atoms with E-state index in [1.807, 2.05) is 11.8 Å². The summed E-state index contributed by atoms with van der Waals surface area (Å²) in [5, 5.41) is 3.53. The van der Waals surface area contributed by atoms with Crippen LogP contribution in [0.4, 0.5) is 0 Å². The number of hydrogen-bond acceptors (Lipinski definition) is 3. The van der Waals surface area contributed by atoms with Gasteiger partial charge < -0.3 is 5.32 Å². The van der Waals surface area contributed by atoms with Crippen molar-refractivity contribution in [3.8, 4) is 0 Å². The van der Waals surface area contributed by atoms with Crippen molar-refractivity contribution >= 4 is 11.8 Å². The monoisotopic (exact) mass is 292 g/mol. The van der Waals surface area contributed by atoms with Crippen LogP contribution in [0.25, 0.3) is 0 Å². The topological polar surface area (TPSA) is 15.3 Å². The van der Waals surface area contributed by atoms with Crippen LogP contribution < -0.4 is 5.32 Å². The first-order chi connectivity index (χ1) is 9.81. The molecule has 20 heavy (non-hydrogen) atoms. The Bertz CT molecular complexity index is 371. The van der Waals surface area contributed by atoms with E-state index in [2.05, 4.69) is 47.7 Å². The minimum atomic E-state index is 0.834. The SMILES string of the molecule is CCCN(Cc1ccc(SC)cc1)CC1CCCNC1. The molecule has 2 rings (SSSR count). The van der Waals surface area contributed by atoms with Gasteiger partial charge in [-0.2, -0.15) is 0 Å². The molecule has 1 aromatic rings. The molecule has 0 spiro atoms. The highest BCUT2D eigenvalue weighted by Gasteiger charge is 2.16. The van der Waals surface area contributed by atoms with Gasteiger partial charge in [-0.3, -0.25) is 4.90 Å². The Kier molecular flexibility index (Phi) is 6.91. The Morgan fingerprint density at radius 3 is 2.70 bits per heavy atom. The molecule has 0 bridgehead atoms. The standard InChI is InChI=1S/C17H28N2S/c1-3-11-19(14-16-5-4-10-18-12-16)13-15-6-8-17(20-2)9-7-15/h6-9,16,18H,3-5,10-14H2,1-2H3. The Morgan fingerprint density at radius 2 is 2.10 bits per heavy atom. The van der Waals surface area contributed by atoms with Crippen LogP contribution in [0.3, 0.4) is 0 Å². The Labute approximate surface area is 128 Å². The predicted molar refractivity (Wildman–Crippen MR) is 89.4 cm³/mol. The molecule has 3 heteroatoms. The molecule has 0 amide bonds. The molecule has 1 aliphatic heterocycles. The maximum absolute atomic E-state index is 3.53. The fraction of sp³-hybridized carbons (Fsp3) is 0.647. The summed E-state index contributed by atoms with van der Waals surface area (Å²) in [6.45, 7) is 8.24. The minimum Gasteiger partial charge on any atom is -0.316 e. The van der Waals surface area contributed by atoms with Crippen LogP contribution in [0.2, 0.25) is 0 Å². The smallest absolute Gasteiger partial charge is 0.0233 e. The zero-order valence-corrected chi connectivity index (χ0v) is 13.7. The van der Waals surface area contributed by atoms with Crippen molar-refractivity contribution < 1.29 is 0 Å². The summed E-state index contributed by atoms with van der Waals surface area (Å²) in [6, 6.07) is 9.06. The van der Waals surface area contributed by atoms with Crippen molar-refractivity contribution in [1.29, 1.82) is 0 Å². The quantitative estimate of drug-likeness (QED) is 0.773. The van der Waals surface area contributed by atoms with Gasteiger partial charge in [-0.25, -0.2) is 0 Å². The minimum absolute atomic E-state index is 0.834. The molecule has 1 unspecified atom stereocenters. The molecule has 0 saturated carbocycles. The first-order valence-electron chi connectivity index (χ1n) is 7.87. The first kappa shape index (κ1) is 15.9. The van der Waals surface area contributed by atoms with Crippen LogP contribution in [0.15, 0.2) is 29.2 Å². The lowest BCUT2D eigenvalue weighted by Crippen LogP contribution is -2.38. The third-order valence-corrected chi connectivity index (χ3v) is 4.76. The summed E-state index contributed by atoms with van der Waals surface area (Å²) in [4.78, 5) is 3.98. The van der Waals surface area contributed by atoms with E-state index in [0.29, 0.717) is 0 Å². The molecule has 1 saturated heterocycles. The van der Waals surface area contributed by atoms with Gasteiger partial charge in [-0.05, 0) is 68.8 Å². The largest absolute Gasteiger partial charge is 0.316 e. The molecule has 0 radical (unpaired) electrons. The Morgan fingerprint density at radius 1 is 1.30 bits per heavy atom. The highest BCUT2D eigenvalue weighted by molar-refractivity contribution is 7.98. The molecular formula is C17H28N2S. The predicted octanol–water partition coefficient (Wildman–Crippen LogP) is 3.62. The second-order valence-corrected chi connectivity index (χ2v) is 6.68. The molecule has 112 valence electrons. The highest BCUT2D eigenvalue weighted by Crippen LogP contribution is 2.18. The van der Waals surface area contributed by atoms with E-state index in [1.54, 1.807) is 0 Å². The van der Waals surface area contributed by atoms with Crippen LogP contribution in [0.5, 0.6) is 0 Å². The van der Waals surface area contributed by atoms with E-state index in [0.717, 1.165) is 12.5 Å². The molecular weight excluding hydrogens is 264 g/mol. The van der Waals surface area contributed by atoms with Crippen molar-refractivity contribution in [2.45, 2.75) is 37.6 Å². The average molecular weight is 292 g/mol. The van der Waals surface area contributed by atoms with E-state index in [-0.39, 0.29) is 0 Å². The van der Waals surface area contributed by atoms with Gasteiger partial charge in [0.1, 0.15) is 0 Å². The number of hydrogen-bond donors (Lipinski definition) is 1. The van der Waals surface area contributed by atoms with Crippen molar-refractivity contribution in [1.82, 2.24) is 10.2 Å². The van der Waals surface area contributed by atoms with Crippen LogP contribution in [-0.2, 0) is 6.54 Å². The zero-order valence-electron chi connectivity index (χ0n) is 12.9. The molecule has 1 aliphatic rings. The summed E-state index contributed by atoms with van der Waals surface area (Å²) >= 11 is 1.81. The summed E-state index contributed by atoms with van der Waals surface area (Å²) in [7, 11) is 0. The molecule has 1 N–H and O–H groups in total. The third kappa shape index (κ3) is 5.12. The lowest BCUT2D eigenvalue weighted by atomic mass is 9.98. The second kappa shape index (κ2) is 8.71. The maximum atomic E-state index is 3.53. The number of nitrogens with one attached hydrogen (secondary N) is 1. The van der Waals surface area contributed by atoms with Gasteiger partial charge in [0, 0.05) is 18.0 Å². The zero-order chi connectivity index (χ0) is 14.2. The third-order valence-electron chi connectivity index (χ3n) is 4.02. The van der Waals surface area contributed by atoms with Crippen molar-refractivity contribution in [2.75, 3.05) is 32.4 Å². The first-order valence-corrected chi connectivity index (χ1v) is 9.10. The van der Waals surface area contributed by atoms with Gasteiger partial charge in [0.15, 0.2) is 0 Å². The normalized spacial score (nSPS) is 19.4. The van der Waals surface area contributed by atoms with E-state index >= 15 is 0 Å². The van der Waals surface area contributed by atoms with Crippen molar-refractivity contribution in [3.05, 3.63) is 29.8 Å². The molecule has 2 nitrogen and oxygen atoms in total. The molecule has 0 aliphatic carbocycles. The fourth-order valence-electron chi connectivity index (χ4n) is 2.99. The van der Waals surface area contributed by atoms with Crippen molar-refractivity contribution in [3.63, 3.8) is 0 Å². The summed E-state index contributed by atoms with van der Waals surface area (Å²) in [5.41, 5.74) is 1.44. The van der Waals surface area contributed by atoms with E-state index < -0.39 is 0 Å². The highest BCUT2D eigenvalue weighted by atomic mass is 32.2. The number of nitrogens with zero attached hydrogens (tertiary/aromatic N) is 1. The lowest BCUT2D eigenvalue weighted by Gasteiger charge is -2.30. The Balaban J connectivity index is 1.89.